The van der Waals surface area contributed by atoms with E-state index in [2.05, 4.69) is 5.32 Å². The van der Waals surface area contributed by atoms with Crippen LogP contribution in [0.1, 0.15) is 38.7 Å². The van der Waals surface area contributed by atoms with Crippen LogP contribution >= 0.6 is 0 Å². The summed E-state index contributed by atoms with van der Waals surface area (Å²) in [5.74, 6) is -0.471. The van der Waals surface area contributed by atoms with Crippen molar-refractivity contribution in [3.05, 3.63) is 94.5 Å². The Morgan fingerprint density at radius 3 is 2.33 bits per heavy atom. The maximum atomic E-state index is 13.2. The van der Waals surface area contributed by atoms with Gasteiger partial charge in [-0.3, -0.25) is 4.79 Å². The van der Waals surface area contributed by atoms with Crippen LogP contribution in [0.5, 0.6) is 5.75 Å². The first-order valence-electron chi connectivity index (χ1n) is 9.68. The van der Waals surface area contributed by atoms with Crippen LogP contribution in [0.3, 0.4) is 0 Å². The Balaban J connectivity index is 1.92. The third-order valence-corrected chi connectivity index (χ3v) is 5.00. The number of ether oxygens (including phenoxy) is 2. The standard InChI is InChI=1S/C25H25NO4/c1-16-13-14-22(29-4)21(15-16)26-24(27)23(19-10-6-5-7-11-19)30-25(28)20-12-8-9-17(2)18(20)3/h5-15,23H,1-4H3,(H,26,27)/t23-/m1/s1. The number of benzene rings is 3. The molecule has 1 atom stereocenters. The highest BCUT2D eigenvalue weighted by Crippen LogP contribution is 2.28. The van der Waals surface area contributed by atoms with Crippen molar-refractivity contribution in [2.45, 2.75) is 26.9 Å². The lowest BCUT2D eigenvalue weighted by molar-refractivity contribution is -0.125. The summed E-state index contributed by atoms with van der Waals surface area (Å²) in [6.07, 6.45) is -1.11. The zero-order chi connectivity index (χ0) is 21.7. The molecule has 1 amide bonds. The van der Waals surface area contributed by atoms with Crippen molar-refractivity contribution < 1.29 is 19.1 Å². The fraction of sp³-hybridized carbons (Fsp3) is 0.200. The van der Waals surface area contributed by atoms with Crippen molar-refractivity contribution in [3.63, 3.8) is 0 Å². The van der Waals surface area contributed by atoms with Crippen molar-refractivity contribution in [2.24, 2.45) is 0 Å². The van der Waals surface area contributed by atoms with Crippen molar-refractivity contribution in [2.75, 3.05) is 12.4 Å². The van der Waals surface area contributed by atoms with Gasteiger partial charge in [-0.05, 0) is 55.7 Å². The van der Waals surface area contributed by atoms with Crippen molar-refractivity contribution >= 4 is 17.6 Å². The Hall–Kier alpha value is -3.60. The Morgan fingerprint density at radius 1 is 0.900 bits per heavy atom. The predicted octanol–water partition coefficient (Wildman–Crippen LogP) is 5.16. The van der Waals surface area contributed by atoms with Gasteiger partial charge in [0.15, 0.2) is 0 Å². The molecule has 0 aliphatic heterocycles. The number of esters is 1. The molecule has 0 bridgehead atoms. The molecule has 0 unspecified atom stereocenters. The molecule has 3 aromatic rings. The normalized spacial score (nSPS) is 11.5. The fourth-order valence-electron chi connectivity index (χ4n) is 3.16. The molecule has 0 saturated heterocycles. The summed E-state index contributed by atoms with van der Waals surface area (Å²) in [6, 6.07) is 19.9. The lowest BCUT2D eigenvalue weighted by Gasteiger charge is -2.20. The second kappa shape index (κ2) is 9.27. The van der Waals surface area contributed by atoms with E-state index >= 15 is 0 Å². The van der Waals surface area contributed by atoms with Crippen LogP contribution in [-0.2, 0) is 9.53 Å². The summed E-state index contributed by atoms with van der Waals surface area (Å²) in [5, 5.41) is 2.84. The monoisotopic (exact) mass is 403 g/mol. The van der Waals surface area contributed by atoms with Crippen LogP contribution in [0.25, 0.3) is 0 Å². The molecule has 0 fully saturated rings. The van der Waals surface area contributed by atoms with Crippen LogP contribution in [-0.4, -0.2) is 19.0 Å². The summed E-state index contributed by atoms with van der Waals surface area (Å²) >= 11 is 0. The van der Waals surface area contributed by atoms with E-state index in [-0.39, 0.29) is 0 Å². The smallest absolute Gasteiger partial charge is 0.339 e. The van der Waals surface area contributed by atoms with Crippen LogP contribution in [0.2, 0.25) is 0 Å². The minimum Gasteiger partial charge on any atom is -0.495 e. The lowest BCUT2D eigenvalue weighted by atomic mass is 10.0. The first-order chi connectivity index (χ1) is 14.4. The molecule has 30 heavy (non-hydrogen) atoms. The van der Waals surface area contributed by atoms with Gasteiger partial charge in [0.25, 0.3) is 5.91 Å². The van der Waals surface area contributed by atoms with E-state index in [0.29, 0.717) is 22.6 Å². The number of carbonyl (C=O) groups is 2. The Bertz CT molecular complexity index is 1060. The highest BCUT2D eigenvalue weighted by atomic mass is 16.5. The number of carbonyl (C=O) groups excluding carboxylic acids is 2. The number of amides is 1. The number of aryl methyl sites for hydroxylation is 2. The molecule has 5 nitrogen and oxygen atoms in total. The molecular weight excluding hydrogens is 378 g/mol. The lowest BCUT2D eigenvalue weighted by Crippen LogP contribution is -2.26. The molecule has 0 aliphatic carbocycles. The zero-order valence-corrected chi connectivity index (χ0v) is 17.6. The van der Waals surface area contributed by atoms with Gasteiger partial charge in [-0.1, -0.05) is 48.5 Å². The van der Waals surface area contributed by atoms with Crippen LogP contribution in [0, 0.1) is 20.8 Å². The summed E-state index contributed by atoms with van der Waals surface area (Å²) in [6.45, 7) is 5.71. The minimum atomic E-state index is -1.11. The third kappa shape index (κ3) is 4.69. The Kier molecular flexibility index (Phi) is 6.52. The van der Waals surface area contributed by atoms with Crippen LogP contribution < -0.4 is 10.1 Å². The van der Waals surface area contributed by atoms with E-state index in [9.17, 15) is 9.59 Å². The molecule has 1 N–H and O–H groups in total. The minimum absolute atomic E-state index is 0.442. The molecule has 0 spiro atoms. The van der Waals surface area contributed by atoms with Crippen molar-refractivity contribution in [1.82, 2.24) is 0 Å². The molecule has 0 aliphatic rings. The summed E-state index contributed by atoms with van der Waals surface area (Å²) in [5.41, 5.74) is 4.32. The fourth-order valence-corrected chi connectivity index (χ4v) is 3.16. The van der Waals surface area contributed by atoms with Gasteiger partial charge < -0.3 is 14.8 Å². The molecule has 0 radical (unpaired) electrons. The van der Waals surface area contributed by atoms with E-state index in [1.54, 1.807) is 42.5 Å². The van der Waals surface area contributed by atoms with E-state index in [0.717, 1.165) is 16.7 Å². The van der Waals surface area contributed by atoms with E-state index < -0.39 is 18.0 Å². The van der Waals surface area contributed by atoms with Crippen LogP contribution in [0.15, 0.2) is 66.7 Å². The molecule has 3 rings (SSSR count). The van der Waals surface area contributed by atoms with Gasteiger partial charge in [0.2, 0.25) is 6.10 Å². The summed E-state index contributed by atoms with van der Waals surface area (Å²) in [4.78, 5) is 26.1. The molecule has 3 aromatic carbocycles. The number of rotatable bonds is 6. The number of methoxy groups -OCH3 is 1. The highest BCUT2D eigenvalue weighted by molar-refractivity contribution is 5.99. The molecule has 0 saturated carbocycles. The first kappa shape index (κ1) is 21.1. The summed E-state index contributed by atoms with van der Waals surface area (Å²) < 4.78 is 11.0. The van der Waals surface area contributed by atoms with Gasteiger partial charge in [0.1, 0.15) is 5.75 Å². The number of hydrogen-bond donors (Lipinski definition) is 1. The number of hydrogen-bond acceptors (Lipinski definition) is 4. The number of anilines is 1. The zero-order valence-electron chi connectivity index (χ0n) is 17.6. The largest absolute Gasteiger partial charge is 0.495 e. The maximum absolute atomic E-state index is 13.2. The van der Waals surface area contributed by atoms with Gasteiger partial charge in [-0.2, -0.15) is 0 Å². The number of nitrogens with one attached hydrogen (secondary N) is 1. The summed E-state index contributed by atoms with van der Waals surface area (Å²) in [7, 11) is 1.54. The Labute approximate surface area is 176 Å². The average molecular weight is 403 g/mol. The van der Waals surface area contributed by atoms with Crippen LogP contribution in [0.4, 0.5) is 5.69 Å². The van der Waals surface area contributed by atoms with E-state index in [4.69, 9.17) is 9.47 Å². The Morgan fingerprint density at radius 2 is 1.63 bits per heavy atom. The average Bonchev–Trinajstić information content (AvgIpc) is 2.74. The van der Waals surface area contributed by atoms with Gasteiger partial charge in [0.05, 0.1) is 18.4 Å². The third-order valence-electron chi connectivity index (χ3n) is 5.00. The topological polar surface area (TPSA) is 64.6 Å². The quantitative estimate of drug-likeness (QED) is 0.578. The van der Waals surface area contributed by atoms with Crippen molar-refractivity contribution in [3.8, 4) is 5.75 Å². The van der Waals surface area contributed by atoms with E-state index in [1.807, 2.05) is 45.0 Å². The van der Waals surface area contributed by atoms with Gasteiger partial charge in [-0.25, -0.2) is 4.79 Å². The highest BCUT2D eigenvalue weighted by Gasteiger charge is 2.27. The van der Waals surface area contributed by atoms with Crippen molar-refractivity contribution in [1.29, 1.82) is 0 Å². The second-order valence-electron chi connectivity index (χ2n) is 7.14. The molecular formula is C25H25NO4. The van der Waals surface area contributed by atoms with E-state index in [1.165, 1.54) is 7.11 Å². The molecule has 0 aromatic heterocycles. The maximum Gasteiger partial charge on any atom is 0.339 e. The van der Waals surface area contributed by atoms with Gasteiger partial charge in [-0.15, -0.1) is 0 Å². The molecule has 0 heterocycles. The molecule has 5 heteroatoms. The van der Waals surface area contributed by atoms with Gasteiger partial charge >= 0.3 is 5.97 Å². The molecule has 154 valence electrons. The SMILES string of the molecule is COc1ccc(C)cc1NC(=O)[C@H](OC(=O)c1cccc(C)c1C)c1ccccc1. The first-order valence-corrected chi connectivity index (χ1v) is 9.68. The predicted molar refractivity (Wildman–Crippen MR) is 117 cm³/mol. The van der Waals surface area contributed by atoms with Gasteiger partial charge in [0, 0.05) is 5.56 Å². The second-order valence-corrected chi connectivity index (χ2v) is 7.14.